The molecule has 0 N–H and O–H groups in total. The summed E-state index contributed by atoms with van der Waals surface area (Å²) in [4.78, 5) is 0. The summed E-state index contributed by atoms with van der Waals surface area (Å²) < 4.78 is 26.1. The molecule has 0 aromatic heterocycles. The van der Waals surface area contributed by atoms with Crippen LogP contribution in [-0.2, 0) is 0 Å². The predicted octanol–water partition coefficient (Wildman–Crippen LogP) is 11.0. The van der Waals surface area contributed by atoms with E-state index in [2.05, 4.69) is 55.4 Å². The third-order valence-electron chi connectivity index (χ3n) is 6.94. The van der Waals surface area contributed by atoms with E-state index in [0.29, 0.717) is 65.9 Å². The molecule has 3 aromatic rings. The van der Waals surface area contributed by atoms with E-state index in [1.807, 2.05) is 24.3 Å². The van der Waals surface area contributed by atoms with Crippen LogP contribution >= 0.6 is 23.2 Å². The highest BCUT2D eigenvalue weighted by molar-refractivity contribution is 6.46. The first-order valence-electron chi connectivity index (χ1n) is 14.9. The van der Waals surface area contributed by atoms with Crippen LogP contribution in [0.25, 0.3) is 21.5 Å². The van der Waals surface area contributed by atoms with E-state index < -0.39 is 0 Å². The summed E-state index contributed by atoms with van der Waals surface area (Å²) in [5.41, 5.74) is 0. The van der Waals surface area contributed by atoms with Crippen LogP contribution in [0.5, 0.6) is 23.0 Å². The minimum absolute atomic E-state index is 0.452. The minimum Gasteiger partial charge on any atom is -0.493 e. The van der Waals surface area contributed by atoms with E-state index in [-0.39, 0.29) is 0 Å². The summed E-state index contributed by atoms with van der Waals surface area (Å²) in [6.07, 6.45) is 3.72. The molecule has 0 heterocycles. The Labute approximate surface area is 251 Å². The van der Waals surface area contributed by atoms with Crippen LogP contribution in [0.4, 0.5) is 0 Å². The molecule has 0 aliphatic heterocycles. The smallest absolute Gasteiger partial charge is 0.140 e. The first-order chi connectivity index (χ1) is 19.0. The number of hydrogen-bond acceptors (Lipinski definition) is 4. The number of hydrogen-bond donors (Lipinski definition) is 0. The third-order valence-corrected chi connectivity index (χ3v) is 7.74. The van der Waals surface area contributed by atoms with Crippen LogP contribution in [0.3, 0.4) is 0 Å². The second-order valence-corrected chi connectivity index (χ2v) is 13.2. The molecule has 0 atom stereocenters. The molecule has 6 heteroatoms. The second-order valence-electron chi connectivity index (χ2n) is 12.4. The summed E-state index contributed by atoms with van der Waals surface area (Å²) >= 11 is 13.5. The Hall–Kier alpha value is -2.04. The molecule has 3 rings (SSSR count). The largest absolute Gasteiger partial charge is 0.493 e. The van der Waals surface area contributed by atoms with Gasteiger partial charge in [-0.05, 0) is 73.6 Å². The highest BCUT2D eigenvalue weighted by atomic mass is 35.5. The highest BCUT2D eigenvalue weighted by Crippen LogP contribution is 2.53. The van der Waals surface area contributed by atoms with Crippen molar-refractivity contribution in [3.8, 4) is 23.0 Å². The molecule has 0 aliphatic carbocycles. The van der Waals surface area contributed by atoms with E-state index in [1.165, 1.54) is 0 Å². The predicted molar refractivity (Wildman–Crippen MR) is 171 cm³/mol. The van der Waals surface area contributed by atoms with Crippen LogP contribution in [0.2, 0.25) is 10.0 Å². The third kappa shape index (κ3) is 8.49. The van der Waals surface area contributed by atoms with E-state index in [9.17, 15) is 0 Å². The SMILES string of the molecule is CC(C)CCOc1ccc(OCCC(C)C)c2c(OCCC(C)C)c3c(Cl)c(Cl)ccc3c(OCCC(C)C)c12. The Bertz CT molecular complexity index is 1250. The van der Waals surface area contributed by atoms with Crippen molar-refractivity contribution in [1.82, 2.24) is 0 Å². The number of fused-ring (bicyclic) bond motifs is 2. The summed E-state index contributed by atoms with van der Waals surface area (Å²) in [6.45, 7) is 19.9. The molecule has 0 spiro atoms. The molecule has 4 nitrogen and oxygen atoms in total. The van der Waals surface area contributed by atoms with Crippen molar-refractivity contribution in [2.24, 2.45) is 23.7 Å². The Kier molecular flexibility index (Phi) is 12.4. The zero-order valence-electron chi connectivity index (χ0n) is 25.7. The molecule has 0 amide bonds. The van der Waals surface area contributed by atoms with Gasteiger partial charge < -0.3 is 18.9 Å². The maximum absolute atomic E-state index is 6.95. The summed E-state index contributed by atoms with van der Waals surface area (Å²) in [6, 6.07) is 7.80. The van der Waals surface area contributed by atoms with Crippen molar-refractivity contribution in [2.75, 3.05) is 26.4 Å². The Morgan fingerprint density at radius 3 is 1.35 bits per heavy atom. The molecule has 0 saturated heterocycles. The number of ether oxygens (including phenoxy) is 4. The first-order valence-corrected chi connectivity index (χ1v) is 15.7. The minimum atomic E-state index is 0.452. The molecule has 40 heavy (non-hydrogen) atoms. The zero-order valence-corrected chi connectivity index (χ0v) is 27.2. The fourth-order valence-corrected chi connectivity index (χ4v) is 4.78. The molecule has 0 radical (unpaired) electrons. The molecule has 0 bridgehead atoms. The number of rotatable bonds is 16. The topological polar surface area (TPSA) is 36.9 Å². The number of halogens is 2. The first kappa shape index (κ1) is 32.5. The van der Waals surface area contributed by atoms with Crippen molar-refractivity contribution in [1.29, 1.82) is 0 Å². The van der Waals surface area contributed by atoms with E-state index in [1.54, 1.807) is 0 Å². The monoisotopic (exact) mass is 590 g/mol. The molecule has 3 aromatic carbocycles. The number of benzene rings is 3. The van der Waals surface area contributed by atoms with Gasteiger partial charge in [0, 0.05) is 10.8 Å². The average Bonchev–Trinajstić information content (AvgIpc) is 2.87. The van der Waals surface area contributed by atoms with Gasteiger partial charge in [0.05, 0.1) is 47.2 Å². The normalized spacial score (nSPS) is 11.9. The molecule has 0 unspecified atom stereocenters. The summed E-state index contributed by atoms with van der Waals surface area (Å²) in [7, 11) is 0. The zero-order chi connectivity index (χ0) is 29.4. The van der Waals surface area contributed by atoms with Gasteiger partial charge in [-0.3, -0.25) is 0 Å². The fourth-order valence-electron chi connectivity index (χ4n) is 4.37. The lowest BCUT2D eigenvalue weighted by Crippen LogP contribution is -2.08. The van der Waals surface area contributed by atoms with Crippen molar-refractivity contribution in [3.05, 3.63) is 34.3 Å². The summed E-state index contributed by atoms with van der Waals surface area (Å²) in [5.74, 6) is 4.94. The standard InChI is InChI=1S/C34H48Cl2O4/c1-21(2)13-17-37-27-11-12-28(38-18-14-22(3)4)31-30(27)33(39-19-15-23(5)6)25-9-10-26(35)32(36)29(25)34(31)40-20-16-24(7)8/h9-12,21-24H,13-20H2,1-8H3. The lowest BCUT2D eigenvalue weighted by Gasteiger charge is -2.23. The van der Waals surface area contributed by atoms with Gasteiger partial charge in [-0.25, -0.2) is 0 Å². The van der Waals surface area contributed by atoms with Crippen molar-refractivity contribution in [2.45, 2.75) is 81.1 Å². The van der Waals surface area contributed by atoms with Crippen LogP contribution in [-0.4, -0.2) is 26.4 Å². The molecular formula is C34H48Cl2O4. The molecule has 222 valence electrons. The van der Waals surface area contributed by atoms with Gasteiger partial charge in [-0.15, -0.1) is 0 Å². The second kappa shape index (κ2) is 15.3. The van der Waals surface area contributed by atoms with Crippen molar-refractivity contribution in [3.63, 3.8) is 0 Å². The lowest BCUT2D eigenvalue weighted by atomic mass is 9.98. The van der Waals surface area contributed by atoms with Gasteiger partial charge in [0.2, 0.25) is 0 Å². The molecule has 0 fully saturated rings. The van der Waals surface area contributed by atoms with Crippen LogP contribution < -0.4 is 18.9 Å². The van der Waals surface area contributed by atoms with E-state index in [0.717, 1.165) is 64.5 Å². The van der Waals surface area contributed by atoms with Crippen LogP contribution in [0.1, 0.15) is 81.1 Å². The molecule has 0 aliphatic rings. The quantitative estimate of drug-likeness (QED) is 0.155. The maximum Gasteiger partial charge on any atom is 0.140 e. The van der Waals surface area contributed by atoms with Crippen LogP contribution in [0, 0.1) is 23.7 Å². The van der Waals surface area contributed by atoms with Crippen LogP contribution in [0.15, 0.2) is 24.3 Å². The van der Waals surface area contributed by atoms with Gasteiger partial charge in [0.1, 0.15) is 23.0 Å². The van der Waals surface area contributed by atoms with Gasteiger partial charge in [-0.1, -0.05) is 78.6 Å². The summed E-state index contributed by atoms with van der Waals surface area (Å²) in [5, 5.41) is 4.22. The van der Waals surface area contributed by atoms with Gasteiger partial charge in [0.15, 0.2) is 0 Å². The molecular weight excluding hydrogens is 543 g/mol. The Morgan fingerprint density at radius 1 is 0.500 bits per heavy atom. The van der Waals surface area contributed by atoms with Gasteiger partial charge >= 0.3 is 0 Å². The van der Waals surface area contributed by atoms with E-state index in [4.69, 9.17) is 42.1 Å². The Morgan fingerprint density at radius 2 is 0.900 bits per heavy atom. The maximum atomic E-state index is 6.95. The molecule has 0 saturated carbocycles. The van der Waals surface area contributed by atoms with Gasteiger partial charge in [-0.2, -0.15) is 0 Å². The lowest BCUT2D eigenvalue weighted by molar-refractivity contribution is 0.276. The van der Waals surface area contributed by atoms with Crippen molar-refractivity contribution >= 4 is 44.7 Å². The fraction of sp³-hybridized carbons (Fsp3) is 0.588. The van der Waals surface area contributed by atoms with Gasteiger partial charge in [0.25, 0.3) is 0 Å². The highest BCUT2D eigenvalue weighted by Gasteiger charge is 2.26. The van der Waals surface area contributed by atoms with E-state index >= 15 is 0 Å². The average molecular weight is 592 g/mol. The Balaban J connectivity index is 2.36. The van der Waals surface area contributed by atoms with Crippen molar-refractivity contribution < 1.29 is 18.9 Å².